The highest BCUT2D eigenvalue weighted by molar-refractivity contribution is 5.79. The molecule has 0 aliphatic rings. The lowest BCUT2D eigenvalue weighted by Gasteiger charge is -2.00. The zero-order valence-corrected chi connectivity index (χ0v) is 8.32. The van der Waals surface area contributed by atoms with Crippen molar-refractivity contribution in [2.24, 2.45) is 19.8 Å². The molecule has 74 valence electrons. The van der Waals surface area contributed by atoms with E-state index in [1.54, 1.807) is 23.2 Å². The minimum absolute atomic E-state index is 0.0131. The molecule has 4 heteroatoms. The largest absolute Gasteiger partial charge is 0.328 e. The third-order valence-corrected chi connectivity index (χ3v) is 2.59. The number of aromatic nitrogens is 2. The van der Waals surface area contributed by atoms with Crippen molar-refractivity contribution in [1.82, 2.24) is 9.13 Å². The summed E-state index contributed by atoms with van der Waals surface area (Å²) < 4.78 is 3.27. The van der Waals surface area contributed by atoms with Gasteiger partial charge in [0, 0.05) is 20.6 Å². The standard InChI is InChI=1S/C10H13N3O/c1-12-8-5-3-4-7(6-11)9(8)13(2)10(12)14/h3-5H,6,11H2,1-2H3. The lowest BCUT2D eigenvalue weighted by atomic mass is 10.2. The van der Waals surface area contributed by atoms with Crippen LogP contribution in [0.15, 0.2) is 23.0 Å². The SMILES string of the molecule is Cn1c(=O)n(C)c2c(CN)cccc21. The van der Waals surface area contributed by atoms with Crippen molar-refractivity contribution < 1.29 is 0 Å². The summed E-state index contributed by atoms with van der Waals surface area (Å²) in [6, 6.07) is 5.79. The van der Waals surface area contributed by atoms with E-state index in [0.29, 0.717) is 6.54 Å². The molecule has 14 heavy (non-hydrogen) atoms. The Labute approximate surface area is 81.6 Å². The first-order valence-corrected chi connectivity index (χ1v) is 4.50. The molecule has 1 heterocycles. The predicted octanol–water partition coefficient (Wildman–Crippen LogP) is 0.336. The third-order valence-electron chi connectivity index (χ3n) is 2.59. The highest BCUT2D eigenvalue weighted by Gasteiger charge is 2.09. The van der Waals surface area contributed by atoms with Crippen LogP contribution in [0.5, 0.6) is 0 Å². The summed E-state index contributed by atoms with van der Waals surface area (Å²) in [7, 11) is 3.54. The maximum absolute atomic E-state index is 11.6. The minimum Gasteiger partial charge on any atom is -0.326 e. The molecule has 1 aromatic carbocycles. The van der Waals surface area contributed by atoms with Crippen LogP contribution in [0.25, 0.3) is 11.0 Å². The van der Waals surface area contributed by atoms with Gasteiger partial charge in [-0.15, -0.1) is 0 Å². The number of imidazole rings is 1. The molecular weight excluding hydrogens is 178 g/mol. The molecule has 1 aromatic heterocycles. The normalized spacial score (nSPS) is 11.1. The van der Waals surface area contributed by atoms with E-state index in [1.165, 1.54) is 0 Å². The van der Waals surface area contributed by atoms with Gasteiger partial charge in [-0.25, -0.2) is 4.79 Å². The Balaban J connectivity index is 3.02. The van der Waals surface area contributed by atoms with E-state index in [2.05, 4.69) is 0 Å². The number of hydrogen-bond acceptors (Lipinski definition) is 2. The average Bonchev–Trinajstić information content (AvgIpc) is 2.44. The summed E-state index contributed by atoms with van der Waals surface area (Å²) in [5.41, 5.74) is 8.47. The zero-order chi connectivity index (χ0) is 10.3. The van der Waals surface area contributed by atoms with Gasteiger partial charge in [0.2, 0.25) is 0 Å². The molecule has 2 N–H and O–H groups in total. The molecule has 0 spiro atoms. The van der Waals surface area contributed by atoms with Gasteiger partial charge in [-0.2, -0.15) is 0 Å². The van der Waals surface area contributed by atoms with Gasteiger partial charge in [-0.05, 0) is 11.6 Å². The molecular formula is C10H13N3O. The van der Waals surface area contributed by atoms with E-state index >= 15 is 0 Å². The van der Waals surface area contributed by atoms with Crippen molar-refractivity contribution in [3.63, 3.8) is 0 Å². The molecule has 0 bridgehead atoms. The lowest BCUT2D eigenvalue weighted by Crippen LogP contribution is -2.19. The number of nitrogens with zero attached hydrogens (tertiary/aromatic N) is 2. The first-order valence-electron chi connectivity index (χ1n) is 4.50. The van der Waals surface area contributed by atoms with E-state index in [4.69, 9.17) is 5.73 Å². The van der Waals surface area contributed by atoms with Crippen molar-refractivity contribution in [2.45, 2.75) is 6.54 Å². The van der Waals surface area contributed by atoms with Gasteiger partial charge >= 0.3 is 5.69 Å². The van der Waals surface area contributed by atoms with Crippen LogP contribution in [0.4, 0.5) is 0 Å². The number of rotatable bonds is 1. The van der Waals surface area contributed by atoms with Gasteiger partial charge in [-0.3, -0.25) is 9.13 Å². The Kier molecular flexibility index (Phi) is 1.93. The maximum atomic E-state index is 11.6. The van der Waals surface area contributed by atoms with Crippen molar-refractivity contribution >= 4 is 11.0 Å². The van der Waals surface area contributed by atoms with Crippen molar-refractivity contribution in [1.29, 1.82) is 0 Å². The van der Waals surface area contributed by atoms with Crippen molar-refractivity contribution in [3.8, 4) is 0 Å². The molecule has 0 radical (unpaired) electrons. The highest BCUT2D eigenvalue weighted by atomic mass is 16.1. The van der Waals surface area contributed by atoms with Gasteiger partial charge < -0.3 is 5.73 Å². The van der Waals surface area contributed by atoms with Crippen LogP contribution in [-0.4, -0.2) is 9.13 Å². The molecule has 4 nitrogen and oxygen atoms in total. The van der Waals surface area contributed by atoms with Crippen LogP contribution in [0.2, 0.25) is 0 Å². The quantitative estimate of drug-likeness (QED) is 0.706. The van der Waals surface area contributed by atoms with Crippen molar-refractivity contribution in [3.05, 3.63) is 34.2 Å². The maximum Gasteiger partial charge on any atom is 0.328 e. The fraction of sp³-hybridized carbons (Fsp3) is 0.300. The van der Waals surface area contributed by atoms with E-state index < -0.39 is 0 Å². The van der Waals surface area contributed by atoms with Crippen LogP contribution >= 0.6 is 0 Å². The second kappa shape index (κ2) is 2.99. The van der Waals surface area contributed by atoms with Gasteiger partial charge in [0.25, 0.3) is 0 Å². The van der Waals surface area contributed by atoms with Crippen LogP contribution < -0.4 is 11.4 Å². The third kappa shape index (κ3) is 1.01. The van der Waals surface area contributed by atoms with E-state index in [9.17, 15) is 4.79 Å². The van der Waals surface area contributed by atoms with Gasteiger partial charge in [0.1, 0.15) is 0 Å². The molecule has 0 saturated carbocycles. The Morgan fingerprint density at radius 1 is 1.29 bits per heavy atom. The molecule has 0 aliphatic heterocycles. The fourth-order valence-corrected chi connectivity index (χ4v) is 1.82. The number of nitrogens with two attached hydrogens (primary N) is 1. The van der Waals surface area contributed by atoms with Crippen LogP contribution in [0, 0.1) is 0 Å². The first-order chi connectivity index (χ1) is 6.66. The molecule has 0 atom stereocenters. The topological polar surface area (TPSA) is 53.0 Å². The van der Waals surface area contributed by atoms with Gasteiger partial charge in [0.15, 0.2) is 0 Å². The second-order valence-electron chi connectivity index (χ2n) is 3.39. The number of fused-ring (bicyclic) bond motifs is 1. The molecule has 0 amide bonds. The summed E-state index contributed by atoms with van der Waals surface area (Å²) >= 11 is 0. The zero-order valence-electron chi connectivity index (χ0n) is 8.32. The van der Waals surface area contributed by atoms with E-state index in [1.807, 2.05) is 18.2 Å². The summed E-state index contributed by atoms with van der Waals surface area (Å²) in [4.78, 5) is 11.6. The van der Waals surface area contributed by atoms with Crippen LogP contribution in [0.1, 0.15) is 5.56 Å². The average molecular weight is 191 g/mol. The molecule has 0 fully saturated rings. The number of hydrogen-bond donors (Lipinski definition) is 1. The number of aryl methyl sites for hydroxylation is 2. The monoisotopic (exact) mass is 191 g/mol. The summed E-state index contributed by atoms with van der Waals surface area (Å²) in [5.74, 6) is 0. The second-order valence-corrected chi connectivity index (χ2v) is 3.39. The molecule has 2 aromatic rings. The molecule has 0 saturated heterocycles. The lowest BCUT2D eigenvalue weighted by molar-refractivity contribution is 0.793. The number of para-hydroxylation sites is 1. The molecule has 0 unspecified atom stereocenters. The fourth-order valence-electron chi connectivity index (χ4n) is 1.82. The van der Waals surface area contributed by atoms with Crippen LogP contribution in [0.3, 0.4) is 0 Å². The Morgan fingerprint density at radius 3 is 2.64 bits per heavy atom. The van der Waals surface area contributed by atoms with Crippen LogP contribution in [-0.2, 0) is 20.6 Å². The smallest absolute Gasteiger partial charge is 0.326 e. The number of benzene rings is 1. The van der Waals surface area contributed by atoms with E-state index in [-0.39, 0.29) is 5.69 Å². The summed E-state index contributed by atoms with van der Waals surface area (Å²) in [6.07, 6.45) is 0. The van der Waals surface area contributed by atoms with Crippen molar-refractivity contribution in [2.75, 3.05) is 0 Å². The first kappa shape index (κ1) is 9.02. The molecule has 2 rings (SSSR count). The molecule has 0 aliphatic carbocycles. The van der Waals surface area contributed by atoms with E-state index in [0.717, 1.165) is 16.6 Å². The van der Waals surface area contributed by atoms with Gasteiger partial charge in [0.05, 0.1) is 11.0 Å². The van der Waals surface area contributed by atoms with Gasteiger partial charge in [-0.1, -0.05) is 12.1 Å². The highest BCUT2D eigenvalue weighted by Crippen LogP contribution is 2.15. The Bertz CT molecular complexity index is 536. The minimum atomic E-state index is -0.0131. The summed E-state index contributed by atoms with van der Waals surface area (Å²) in [6.45, 7) is 0.453. The predicted molar refractivity (Wildman–Crippen MR) is 56.1 cm³/mol. The summed E-state index contributed by atoms with van der Waals surface area (Å²) in [5, 5.41) is 0. The Morgan fingerprint density at radius 2 is 2.00 bits per heavy atom. The Hall–Kier alpha value is -1.55.